The van der Waals surface area contributed by atoms with Crippen molar-refractivity contribution in [3.63, 3.8) is 0 Å². The third kappa shape index (κ3) is 4.74. The van der Waals surface area contributed by atoms with Gasteiger partial charge >= 0.3 is 0 Å². The van der Waals surface area contributed by atoms with Gasteiger partial charge in [-0.15, -0.1) is 0 Å². The molecule has 18 heavy (non-hydrogen) atoms. The van der Waals surface area contributed by atoms with Crippen LogP contribution in [0.2, 0.25) is 0 Å². The van der Waals surface area contributed by atoms with Crippen molar-refractivity contribution in [3.8, 4) is 0 Å². The molecule has 1 aromatic rings. The summed E-state index contributed by atoms with van der Waals surface area (Å²) in [7, 11) is 0. The first-order valence-corrected chi connectivity index (χ1v) is 6.65. The first kappa shape index (κ1) is 14.5. The van der Waals surface area contributed by atoms with Gasteiger partial charge in [-0.1, -0.05) is 50.6 Å². The summed E-state index contributed by atoms with van der Waals surface area (Å²) in [6.07, 6.45) is 6.49. The first-order chi connectivity index (χ1) is 8.59. The van der Waals surface area contributed by atoms with E-state index in [0.717, 1.165) is 24.8 Å². The average molecular weight is 245 g/mol. The van der Waals surface area contributed by atoms with E-state index in [1.165, 1.54) is 0 Å². The minimum atomic E-state index is -0.0904. The summed E-state index contributed by atoms with van der Waals surface area (Å²) in [5.74, 6) is -0.0170. The number of carbonyl (C=O) groups is 1. The number of rotatable bonds is 6. The lowest BCUT2D eigenvalue weighted by Crippen LogP contribution is -2.44. The maximum atomic E-state index is 11.9. The van der Waals surface area contributed by atoms with E-state index in [4.69, 9.17) is 0 Å². The van der Waals surface area contributed by atoms with Crippen molar-refractivity contribution in [1.29, 1.82) is 0 Å². The van der Waals surface area contributed by atoms with E-state index in [1.807, 2.05) is 36.4 Å². The molecule has 0 spiro atoms. The average Bonchev–Trinajstić information content (AvgIpc) is 2.38. The zero-order valence-corrected chi connectivity index (χ0v) is 11.6. The lowest BCUT2D eigenvalue weighted by Gasteiger charge is -2.28. The largest absolute Gasteiger partial charge is 0.347 e. The Labute approximate surface area is 110 Å². The third-order valence-electron chi connectivity index (χ3n) is 3.23. The molecule has 1 aromatic carbocycles. The predicted octanol–water partition coefficient (Wildman–Crippen LogP) is 3.78. The molecular formula is C16H23NO. The highest BCUT2D eigenvalue weighted by Gasteiger charge is 2.21. The summed E-state index contributed by atoms with van der Waals surface area (Å²) in [6.45, 7) is 6.35. The fraction of sp³-hybridized carbons (Fsp3) is 0.438. The molecule has 98 valence electrons. The molecule has 0 heterocycles. The van der Waals surface area contributed by atoms with Crippen LogP contribution in [0, 0.1) is 0 Å². The van der Waals surface area contributed by atoms with E-state index >= 15 is 0 Å². The molecule has 2 nitrogen and oxygen atoms in total. The van der Waals surface area contributed by atoms with Gasteiger partial charge in [-0.05, 0) is 31.4 Å². The predicted molar refractivity (Wildman–Crippen MR) is 77.2 cm³/mol. The van der Waals surface area contributed by atoms with Crippen molar-refractivity contribution in [1.82, 2.24) is 5.32 Å². The van der Waals surface area contributed by atoms with Crippen LogP contribution in [-0.4, -0.2) is 11.4 Å². The summed E-state index contributed by atoms with van der Waals surface area (Å²) in [6, 6.07) is 9.85. The zero-order chi connectivity index (χ0) is 13.4. The van der Waals surface area contributed by atoms with Crippen LogP contribution in [0.5, 0.6) is 0 Å². The van der Waals surface area contributed by atoms with Gasteiger partial charge in [-0.2, -0.15) is 0 Å². The van der Waals surface area contributed by atoms with Crippen LogP contribution in [0.1, 0.15) is 45.6 Å². The standard InChI is InChI=1S/C16H23NO/c1-4-13-16(3,5-2)17-15(18)12-11-14-9-7-6-8-10-14/h6-12H,4-5,13H2,1-3H3,(H,17,18). The second kappa shape index (κ2) is 7.00. The molecule has 0 aromatic heterocycles. The zero-order valence-electron chi connectivity index (χ0n) is 11.6. The van der Waals surface area contributed by atoms with Gasteiger partial charge in [-0.25, -0.2) is 0 Å². The van der Waals surface area contributed by atoms with Crippen LogP contribution in [0.25, 0.3) is 6.08 Å². The Hall–Kier alpha value is -1.57. The van der Waals surface area contributed by atoms with Crippen LogP contribution in [-0.2, 0) is 4.79 Å². The minimum absolute atomic E-state index is 0.0170. The van der Waals surface area contributed by atoms with Crippen LogP contribution in [0.4, 0.5) is 0 Å². The molecule has 1 amide bonds. The molecule has 0 aliphatic rings. The second-order valence-corrected chi connectivity index (χ2v) is 4.90. The number of nitrogens with one attached hydrogen (secondary N) is 1. The topological polar surface area (TPSA) is 29.1 Å². The molecule has 2 heteroatoms. The molecule has 1 N–H and O–H groups in total. The Balaban J connectivity index is 2.58. The van der Waals surface area contributed by atoms with E-state index in [-0.39, 0.29) is 11.4 Å². The van der Waals surface area contributed by atoms with Gasteiger partial charge in [-0.3, -0.25) is 4.79 Å². The summed E-state index contributed by atoms with van der Waals surface area (Å²) in [5, 5.41) is 3.09. The van der Waals surface area contributed by atoms with Gasteiger partial charge in [0.05, 0.1) is 0 Å². The maximum absolute atomic E-state index is 11.9. The summed E-state index contributed by atoms with van der Waals surface area (Å²) >= 11 is 0. The summed E-state index contributed by atoms with van der Waals surface area (Å²) in [5.41, 5.74) is 0.952. The SMILES string of the molecule is CCCC(C)(CC)NC(=O)C=Cc1ccccc1. The van der Waals surface area contributed by atoms with E-state index < -0.39 is 0 Å². The van der Waals surface area contributed by atoms with Gasteiger partial charge in [0.1, 0.15) is 0 Å². The first-order valence-electron chi connectivity index (χ1n) is 6.65. The molecule has 1 rings (SSSR count). The number of hydrogen-bond acceptors (Lipinski definition) is 1. The quantitative estimate of drug-likeness (QED) is 0.759. The molecule has 0 saturated heterocycles. The third-order valence-corrected chi connectivity index (χ3v) is 3.23. The molecule has 0 aliphatic carbocycles. The molecular weight excluding hydrogens is 222 g/mol. The van der Waals surface area contributed by atoms with Gasteiger partial charge in [0, 0.05) is 11.6 Å². The van der Waals surface area contributed by atoms with Crippen LogP contribution < -0.4 is 5.32 Å². The Morgan fingerprint density at radius 2 is 1.94 bits per heavy atom. The number of benzene rings is 1. The van der Waals surface area contributed by atoms with Crippen molar-refractivity contribution in [2.45, 2.75) is 45.6 Å². The van der Waals surface area contributed by atoms with Crippen molar-refractivity contribution in [3.05, 3.63) is 42.0 Å². The lowest BCUT2D eigenvalue weighted by atomic mass is 9.93. The van der Waals surface area contributed by atoms with E-state index in [1.54, 1.807) is 6.08 Å². The Bertz CT molecular complexity index is 397. The highest BCUT2D eigenvalue weighted by atomic mass is 16.1. The molecule has 0 aliphatic heterocycles. The second-order valence-electron chi connectivity index (χ2n) is 4.90. The Morgan fingerprint density at radius 1 is 1.28 bits per heavy atom. The van der Waals surface area contributed by atoms with Gasteiger partial charge < -0.3 is 5.32 Å². The number of carbonyl (C=O) groups excluding carboxylic acids is 1. The smallest absolute Gasteiger partial charge is 0.244 e. The maximum Gasteiger partial charge on any atom is 0.244 e. The van der Waals surface area contributed by atoms with Crippen LogP contribution in [0.3, 0.4) is 0 Å². The molecule has 0 saturated carbocycles. The van der Waals surface area contributed by atoms with E-state index in [2.05, 4.69) is 26.1 Å². The number of amides is 1. The highest BCUT2D eigenvalue weighted by molar-refractivity contribution is 5.92. The minimum Gasteiger partial charge on any atom is -0.347 e. The van der Waals surface area contributed by atoms with E-state index in [0.29, 0.717) is 0 Å². The number of hydrogen-bond donors (Lipinski definition) is 1. The summed E-state index contributed by atoms with van der Waals surface area (Å²) in [4.78, 5) is 11.9. The molecule has 0 bridgehead atoms. The molecule has 0 fully saturated rings. The molecule has 0 radical (unpaired) electrons. The van der Waals surface area contributed by atoms with Crippen molar-refractivity contribution >= 4 is 12.0 Å². The van der Waals surface area contributed by atoms with Gasteiger partial charge in [0.15, 0.2) is 0 Å². The van der Waals surface area contributed by atoms with E-state index in [9.17, 15) is 4.79 Å². The highest BCUT2D eigenvalue weighted by Crippen LogP contribution is 2.16. The summed E-state index contributed by atoms with van der Waals surface area (Å²) < 4.78 is 0. The fourth-order valence-corrected chi connectivity index (χ4v) is 1.95. The normalized spacial score (nSPS) is 14.4. The molecule has 1 atom stereocenters. The van der Waals surface area contributed by atoms with Gasteiger partial charge in [0.2, 0.25) is 5.91 Å². The van der Waals surface area contributed by atoms with Crippen molar-refractivity contribution in [2.75, 3.05) is 0 Å². The Kier molecular flexibility index (Phi) is 5.63. The van der Waals surface area contributed by atoms with Crippen molar-refractivity contribution < 1.29 is 4.79 Å². The van der Waals surface area contributed by atoms with Crippen LogP contribution in [0.15, 0.2) is 36.4 Å². The Morgan fingerprint density at radius 3 is 2.50 bits per heavy atom. The molecule has 1 unspecified atom stereocenters. The van der Waals surface area contributed by atoms with Crippen LogP contribution >= 0.6 is 0 Å². The van der Waals surface area contributed by atoms with Crippen molar-refractivity contribution in [2.24, 2.45) is 0 Å². The van der Waals surface area contributed by atoms with Gasteiger partial charge in [0.25, 0.3) is 0 Å². The monoisotopic (exact) mass is 245 g/mol. The fourth-order valence-electron chi connectivity index (χ4n) is 1.95. The lowest BCUT2D eigenvalue weighted by molar-refractivity contribution is -0.118.